The minimum Gasteiger partial charge on any atom is -0.392 e. The zero-order valence-electron chi connectivity index (χ0n) is 11.0. The Morgan fingerprint density at radius 3 is 3.00 bits per heavy atom. The lowest BCUT2D eigenvalue weighted by atomic mass is 10.1. The molecule has 1 aromatic carbocycles. The quantitative estimate of drug-likeness (QED) is 0.914. The number of para-hydroxylation sites is 1. The second kappa shape index (κ2) is 5.15. The first-order valence-electron chi connectivity index (χ1n) is 6.59. The van der Waals surface area contributed by atoms with Crippen LogP contribution in [0.5, 0.6) is 0 Å². The van der Waals surface area contributed by atoms with Gasteiger partial charge in [0.25, 0.3) is 0 Å². The first-order chi connectivity index (χ1) is 9.29. The highest BCUT2D eigenvalue weighted by molar-refractivity contribution is 5.81. The summed E-state index contributed by atoms with van der Waals surface area (Å²) in [6.07, 6.45) is 1.01. The maximum Gasteiger partial charge on any atom is 0.134 e. The Morgan fingerprint density at radius 2 is 2.26 bits per heavy atom. The van der Waals surface area contributed by atoms with Gasteiger partial charge in [-0.25, -0.2) is 4.98 Å². The third-order valence-electron chi connectivity index (χ3n) is 3.74. The van der Waals surface area contributed by atoms with E-state index in [0.717, 1.165) is 41.9 Å². The Hall–Kier alpha value is -1.65. The molecule has 0 aliphatic carbocycles. The minimum atomic E-state index is 0.00504. The molecule has 0 radical (unpaired) electrons. The van der Waals surface area contributed by atoms with Gasteiger partial charge in [-0.15, -0.1) is 0 Å². The smallest absolute Gasteiger partial charge is 0.134 e. The molecule has 4 heteroatoms. The Morgan fingerprint density at radius 1 is 1.42 bits per heavy atom. The summed E-state index contributed by atoms with van der Waals surface area (Å²) in [5.74, 6) is 0.858. The summed E-state index contributed by atoms with van der Waals surface area (Å²) in [4.78, 5) is 6.83. The summed E-state index contributed by atoms with van der Waals surface area (Å²) in [6.45, 7) is 1.54. The number of likely N-dealkylation sites (N-methyl/N-ethyl adjacent to an activating group) is 1. The van der Waals surface area contributed by atoms with Crippen LogP contribution < -0.4 is 4.90 Å². The first-order valence-corrected chi connectivity index (χ1v) is 6.59. The molecule has 0 bridgehead atoms. The van der Waals surface area contributed by atoms with Crippen molar-refractivity contribution in [1.29, 1.82) is 0 Å². The molecule has 1 unspecified atom stereocenters. The highest BCUT2D eigenvalue weighted by Gasteiger charge is 2.23. The summed E-state index contributed by atoms with van der Waals surface area (Å²) in [7, 11) is 2.02. The number of anilines is 1. The first kappa shape index (κ1) is 12.4. The van der Waals surface area contributed by atoms with E-state index in [1.807, 2.05) is 37.4 Å². The van der Waals surface area contributed by atoms with Crippen molar-refractivity contribution in [2.75, 3.05) is 25.2 Å². The Kier molecular flexibility index (Phi) is 3.36. The average Bonchev–Trinajstić information content (AvgIpc) is 2.99. The Balaban J connectivity index is 2.05. The van der Waals surface area contributed by atoms with Gasteiger partial charge in [0.2, 0.25) is 0 Å². The monoisotopic (exact) mass is 258 g/mol. The van der Waals surface area contributed by atoms with Gasteiger partial charge in [0.05, 0.1) is 24.8 Å². The molecular weight excluding hydrogens is 240 g/mol. The van der Waals surface area contributed by atoms with Gasteiger partial charge in [0, 0.05) is 24.6 Å². The molecule has 2 heterocycles. The fourth-order valence-corrected chi connectivity index (χ4v) is 2.57. The van der Waals surface area contributed by atoms with Crippen LogP contribution in [0.15, 0.2) is 30.3 Å². The van der Waals surface area contributed by atoms with E-state index >= 15 is 0 Å². The maximum atomic E-state index is 9.57. The van der Waals surface area contributed by atoms with Crippen LogP contribution in [0.2, 0.25) is 0 Å². The fraction of sp³-hybridized carbons (Fsp3) is 0.400. The molecule has 1 N–H and O–H groups in total. The van der Waals surface area contributed by atoms with Crippen molar-refractivity contribution in [3.05, 3.63) is 35.9 Å². The van der Waals surface area contributed by atoms with E-state index in [1.165, 1.54) is 0 Å². The maximum absolute atomic E-state index is 9.57. The van der Waals surface area contributed by atoms with Gasteiger partial charge < -0.3 is 14.7 Å². The number of aliphatic hydroxyl groups is 1. The molecule has 2 aromatic rings. The molecular formula is C15H18N2O2. The second-order valence-corrected chi connectivity index (χ2v) is 4.95. The van der Waals surface area contributed by atoms with E-state index in [9.17, 15) is 5.11 Å². The predicted molar refractivity (Wildman–Crippen MR) is 75.3 cm³/mol. The number of aliphatic hydroxyl groups excluding tert-OH is 1. The molecule has 3 rings (SSSR count). The molecule has 1 atom stereocenters. The zero-order valence-corrected chi connectivity index (χ0v) is 11.0. The van der Waals surface area contributed by atoms with E-state index in [0.29, 0.717) is 6.04 Å². The molecule has 1 fully saturated rings. The predicted octanol–water partition coefficient (Wildman–Crippen LogP) is 1.95. The highest BCUT2D eigenvalue weighted by Crippen LogP contribution is 2.26. The van der Waals surface area contributed by atoms with Crippen molar-refractivity contribution >= 4 is 16.7 Å². The van der Waals surface area contributed by atoms with Crippen LogP contribution in [0.4, 0.5) is 5.82 Å². The van der Waals surface area contributed by atoms with Gasteiger partial charge in [0.1, 0.15) is 5.82 Å². The SMILES string of the molecule is CN(c1nc2ccccc2cc1CO)C1CCOC1. The number of fused-ring (bicyclic) bond motifs is 1. The number of hydrogen-bond donors (Lipinski definition) is 1. The second-order valence-electron chi connectivity index (χ2n) is 4.95. The van der Waals surface area contributed by atoms with Crippen molar-refractivity contribution < 1.29 is 9.84 Å². The van der Waals surface area contributed by atoms with Crippen LogP contribution in [0.25, 0.3) is 10.9 Å². The summed E-state index contributed by atoms with van der Waals surface area (Å²) >= 11 is 0. The topological polar surface area (TPSA) is 45.6 Å². The summed E-state index contributed by atoms with van der Waals surface area (Å²) in [5.41, 5.74) is 1.83. The molecule has 0 spiro atoms. The molecule has 100 valence electrons. The summed E-state index contributed by atoms with van der Waals surface area (Å²) in [5, 5.41) is 10.6. The van der Waals surface area contributed by atoms with E-state index in [1.54, 1.807) is 0 Å². The van der Waals surface area contributed by atoms with Crippen molar-refractivity contribution in [2.24, 2.45) is 0 Å². The van der Waals surface area contributed by atoms with Crippen molar-refractivity contribution in [2.45, 2.75) is 19.1 Å². The number of aromatic nitrogens is 1. The molecule has 4 nitrogen and oxygen atoms in total. The lowest BCUT2D eigenvalue weighted by Gasteiger charge is -2.26. The number of hydrogen-bond acceptors (Lipinski definition) is 4. The Bertz CT molecular complexity index is 579. The van der Waals surface area contributed by atoms with Gasteiger partial charge in [-0.05, 0) is 18.6 Å². The molecule has 19 heavy (non-hydrogen) atoms. The van der Waals surface area contributed by atoms with Crippen LogP contribution in [0.3, 0.4) is 0 Å². The fourth-order valence-electron chi connectivity index (χ4n) is 2.57. The number of pyridine rings is 1. The lowest BCUT2D eigenvalue weighted by molar-refractivity contribution is 0.193. The molecule has 1 aromatic heterocycles. The molecule has 1 saturated heterocycles. The standard InChI is InChI=1S/C15H18N2O2/c1-17(13-6-7-19-10-13)15-12(9-18)8-11-4-2-3-5-14(11)16-15/h2-5,8,13,18H,6-7,9-10H2,1H3. The van der Waals surface area contributed by atoms with E-state index in [2.05, 4.69) is 4.90 Å². The van der Waals surface area contributed by atoms with E-state index in [-0.39, 0.29) is 6.61 Å². The third-order valence-corrected chi connectivity index (χ3v) is 3.74. The zero-order chi connectivity index (χ0) is 13.2. The van der Waals surface area contributed by atoms with E-state index in [4.69, 9.17) is 9.72 Å². The molecule has 1 aliphatic heterocycles. The third kappa shape index (κ3) is 2.29. The van der Waals surface area contributed by atoms with Crippen molar-refractivity contribution in [1.82, 2.24) is 4.98 Å². The van der Waals surface area contributed by atoms with Crippen LogP contribution in [-0.2, 0) is 11.3 Å². The molecule has 1 aliphatic rings. The molecule has 0 saturated carbocycles. The van der Waals surface area contributed by atoms with Crippen LogP contribution >= 0.6 is 0 Å². The number of benzene rings is 1. The largest absolute Gasteiger partial charge is 0.392 e. The number of rotatable bonds is 3. The summed E-state index contributed by atoms with van der Waals surface area (Å²) < 4.78 is 5.43. The Labute approximate surface area is 112 Å². The normalized spacial score (nSPS) is 18.9. The van der Waals surface area contributed by atoms with E-state index < -0.39 is 0 Å². The van der Waals surface area contributed by atoms with Crippen LogP contribution in [0.1, 0.15) is 12.0 Å². The lowest BCUT2D eigenvalue weighted by Crippen LogP contribution is -2.33. The van der Waals surface area contributed by atoms with Gasteiger partial charge in [-0.3, -0.25) is 0 Å². The van der Waals surface area contributed by atoms with Gasteiger partial charge in [-0.2, -0.15) is 0 Å². The van der Waals surface area contributed by atoms with Crippen LogP contribution in [0, 0.1) is 0 Å². The number of nitrogens with zero attached hydrogens (tertiary/aromatic N) is 2. The van der Waals surface area contributed by atoms with Crippen LogP contribution in [-0.4, -0.2) is 36.4 Å². The highest BCUT2D eigenvalue weighted by atomic mass is 16.5. The van der Waals surface area contributed by atoms with Crippen molar-refractivity contribution in [3.8, 4) is 0 Å². The van der Waals surface area contributed by atoms with Gasteiger partial charge >= 0.3 is 0 Å². The summed E-state index contributed by atoms with van der Waals surface area (Å²) in [6, 6.07) is 10.3. The molecule has 0 amide bonds. The van der Waals surface area contributed by atoms with Gasteiger partial charge in [0.15, 0.2) is 0 Å². The average molecular weight is 258 g/mol. The van der Waals surface area contributed by atoms with Crippen molar-refractivity contribution in [3.63, 3.8) is 0 Å². The minimum absolute atomic E-state index is 0.00504. The van der Waals surface area contributed by atoms with Gasteiger partial charge in [-0.1, -0.05) is 18.2 Å². The number of ether oxygens (including phenoxy) is 1.